The third-order valence-corrected chi connectivity index (χ3v) is 4.32. The van der Waals surface area contributed by atoms with Crippen LogP contribution in [0.25, 0.3) is 5.70 Å². The zero-order valence-electron chi connectivity index (χ0n) is 12.1. The Bertz CT molecular complexity index is 705. The van der Waals surface area contributed by atoms with Crippen molar-refractivity contribution in [2.75, 3.05) is 0 Å². The fourth-order valence-corrected chi connectivity index (χ4v) is 2.85. The highest BCUT2D eigenvalue weighted by Gasteiger charge is 2.21. The number of carbonyl (C=O) groups excluding carboxylic acids is 1. The molecule has 3 rings (SSSR count). The molecule has 0 atom stereocenters. The van der Waals surface area contributed by atoms with Crippen molar-refractivity contribution >= 4 is 27.5 Å². The molecule has 0 radical (unpaired) electrons. The van der Waals surface area contributed by atoms with Crippen molar-refractivity contribution in [3.05, 3.63) is 57.8 Å². The lowest BCUT2D eigenvalue weighted by Gasteiger charge is -2.13. The van der Waals surface area contributed by atoms with Crippen molar-refractivity contribution in [3.8, 4) is 0 Å². The molecule has 0 saturated carbocycles. The maximum atomic E-state index is 12.3. The minimum absolute atomic E-state index is 0.238. The van der Waals surface area contributed by atoms with Crippen LogP contribution in [0.4, 0.5) is 0 Å². The fraction of sp³-hybridized carbons (Fsp3) is 0.250. The molecule has 1 amide bonds. The Balaban J connectivity index is 1.64. The lowest BCUT2D eigenvalue weighted by atomic mass is 9.96. The molecule has 1 aromatic carbocycles. The first kappa shape index (κ1) is 14.8. The smallest absolute Gasteiger partial charge is 0.290 e. The number of hydrazine groups is 1. The van der Waals surface area contributed by atoms with Crippen LogP contribution in [0.2, 0.25) is 0 Å². The van der Waals surface area contributed by atoms with Gasteiger partial charge < -0.3 is 0 Å². The largest absolute Gasteiger partial charge is 0.298 e. The number of rotatable bonds is 4. The molecule has 1 aliphatic carbocycles. The first-order chi connectivity index (χ1) is 10.6. The zero-order chi connectivity index (χ0) is 15.5. The highest BCUT2D eigenvalue weighted by molar-refractivity contribution is 9.10. The van der Waals surface area contributed by atoms with Gasteiger partial charge in [-0.25, -0.2) is 0 Å². The van der Waals surface area contributed by atoms with Crippen molar-refractivity contribution in [1.82, 2.24) is 21.0 Å². The van der Waals surface area contributed by atoms with Crippen LogP contribution < -0.4 is 10.9 Å². The Hall–Kier alpha value is -2.08. The Morgan fingerprint density at radius 2 is 1.91 bits per heavy atom. The van der Waals surface area contributed by atoms with Gasteiger partial charge in [0.25, 0.3) is 5.91 Å². The summed E-state index contributed by atoms with van der Waals surface area (Å²) in [5.74, 6) is -0.238. The standard InChI is InChI=1S/C16H17BrN4O/c1-10(11-6-8-12(17)9-7-11)18-21-16(22)15-13-4-2-3-5-14(13)19-20-15/h6-9,18H,1-5H2,(H,19,20)(H,21,22). The van der Waals surface area contributed by atoms with Crippen LogP contribution in [-0.2, 0) is 12.8 Å². The van der Waals surface area contributed by atoms with E-state index in [1.54, 1.807) is 0 Å². The van der Waals surface area contributed by atoms with Gasteiger partial charge in [-0.15, -0.1) is 0 Å². The zero-order valence-corrected chi connectivity index (χ0v) is 13.7. The lowest BCUT2D eigenvalue weighted by Crippen LogP contribution is -2.36. The molecule has 3 N–H and O–H groups in total. The van der Waals surface area contributed by atoms with E-state index in [1.165, 1.54) is 0 Å². The van der Waals surface area contributed by atoms with Crippen LogP contribution in [0.15, 0.2) is 35.3 Å². The van der Waals surface area contributed by atoms with Crippen LogP contribution >= 0.6 is 15.9 Å². The summed E-state index contributed by atoms with van der Waals surface area (Å²) in [5, 5.41) is 7.11. The van der Waals surface area contributed by atoms with E-state index in [2.05, 4.69) is 43.6 Å². The Morgan fingerprint density at radius 3 is 2.68 bits per heavy atom. The number of amides is 1. The number of fused-ring (bicyclic) bond motifs is 1. The highest BCUT2D eigenvalue weighted by atomic mass is 79.9. The van der Waals surface area contributed by atoms with Crippen LogP contribution in [0, 0.1) is 0 Å². The second kappa shape index (κ2) is 6.36. The first-order valence-corrected chi connectivity index (χ1v) is 8.02. The van der Waals surface area contributed by atoms with E-state index in [0.717, 1.165) is 47.0 Å². The summed E-state index contributed by atoms with van der Waals surface area (Å²) >= 11 is 3.39. The summed E-state index contributed by atoms with van der Waals surface area (Å²) in [6, 6.07) is 7.69. The first-order valence-electron chi connectivity index (χ1n) is 7.22. The van der Waals surface area contributed by atoms with Gasteiger partial charge in [-0.2, -0.15) is 5.10 Å². The van der Waals surface area contributed by atoms with Crippen molar-refractivity contribution in [2.24, 2.45) is 0 Å². The summed E-state index contributed by atoms with van der Waals surface area (Å²) < 4.78 is 0.997. The number of aryl methyl sites for hydroxylation is 1. The number of aromatic amines is 1. The van der Waals surface area contributed by atoms with Gasteiger partial charge in [0.05, 0.1) is 5.70 Å². The molecule has 22 heavy (non-hydrogen) atoms. The molecule has 1 aliphatic rings. The van der Waals surface area contributed by atoms with Gasteiger partial charge in [-0.05, 0) is 43.4 Å². The van der Waals surface area contributed by atoms with Gasteiger partial charge >= 0.3 is 0 Å². The van der Waals surface area contributed by atoms with Gasteiger partial charge in [0, 0.05) is 15.7 Å². The second-order valence-corrected chi connectivity index (χ2v) is 6.22. The van der Waals surface area contributed by atoms with E-state index in [-0.39, 0.29) is 5.91 Å². The quantitative estimate of drug-likeness (QED) is 0.734. The number of hydrogen-bond donors (Lipinski definition) is 3. The number of hydrogen-bond acceptors (Lipinski definition) is 3. The van der Waals surface area contributed by atoms with Crippen molar-refractivity contribution in [2.45, 2.75) is 25.7 Å². The number of nitrogens with zero attached hydrogens (tertiary/aromatic N) is 1. The van der Waals surface area contributed by atoms with Crippen LogP contribution in [0.1, 0.15) is 40.2 Å². The van der Waals surface area contributed by atoms with Crippen LogP contribution in [0.5, 0.6) is 0 Å². The van der Waals surface area contributed by atoms with E-state index in [9.17, 15) is 4.79 Å². The van der Waals surface area contributed by atoms with Crippen molar-refractivity contribution in [1.29, 1.82) is 0 Å². The van der Waals surface area contributed by atoms with Gasteiger partial charge in [0.1, 0.15) is 0 Å². The third kappa shape index (κ3) is 3.06. The molecule has 0 bridgehead atoms. The Labute approximate surface area is 137 Å². The van der Waals surface area contributed by atoms with Gasteiger partial charge in [0.15, 0.2) is 5.69 Å². The molecule has 0 spiro atoms. The SMILES string of the molecule is C=C(NNC(=O)c1n[nH]c2c1CCCC2)c1ccc(Br)cc1. The number of halogens is 1. The molecule has 0 fully saturated rings. The van der Waals surface area contributed by atoms with Crippen molar-refractivity contribution < 1.29 is 4.79 Å². The number of H-pyrrole nitrogens is 1. The van der Waals surface area contributed by atoms with Crippen LogP contribution in [0.3, 0.4) is 0 Å². The van der Waals surface area contributed by atoms with Crippen molar-refractivity contribution in [3.63, 3.8) is 0 Å². The molecule has 1 aromatic heterocycles. The minimum atomic E-state index is -0.238. The molecular weight excluding hydrogens is 344 g/mol. The molecule has 1 heterocycles. The Morgan fingerprint density at radius 1 is 1.18 bits per heavy atom. The molecule has 0 unspecified atom stereocenters. The summed E-state index contributed by atoms with van der Waals surface area (Å²) in [5.41, 5.74) is 9.66. The van der Waals surface area contributed by atoms with Gasteiger partial charge in [-0.3, -0.25) is 20.7 Å². The molecule has 6 heteroatoms. The van der Waals surface area contributed by atoms with E-state index in [4.69, 9.17) is 0 Å². The summed E-state index contributed by atoms with van der Waals surface area (Å²) in [7, 11) is 0. The lowest BCUT2D eigenvalue weighted by molar-refractivity contribution is 0.0936. The predicted octanol–water partition coefficient (Wildman–Crippen LogP) is 2.96. The van der Waals surface area contributed by atoms with E-state index >= 15 is 0 Å². The maximum absolute atomic E-state index is 12.3. The molecule has 2 aromatic rings. The normalized spacial score (nSPS) is 13.3. The monoisotopic (exact) mass is 360 g/mol. The third-order valence-electron chi connectivity index (χ3n) is 3.79. The summed E-state index contributed by atoms with van der Waals surface area (Å²) in [4.78, 5) is 12.3. The molecule has 0 saturated heterocycles. The van der Waals surface area contributed by atoms with Gasteiger partial charge in [-0.1, -0.05) is 34.6 Å². The van der Waals surface area contributed by atoms with E-state index < -0.39 is 0 Å². The average molecular weight is 361 g/mol. The van der Waals surface area contributed by atoms with E-state index in [1.807, 2.05) is 24.3 Å². The maximum Gasteiger partial charge on any atom is 0.290 e. The number of aromatic nitrogens is 2. The summed E-state index contributed by atoms with van der Waals surface area (Å²) in [6.45, 7) is 3.93. The fourth-order valence-electron chi connectivity index (χ4n) is 2.58. The predicted molar refractivity (Wildman–Crippen MR) is 89.0 cm³/mol. The summed E-state index contributed by atoms with van der Waals surface area (Å²) in [6.07, 6.45) is 4.12. The van der Waals surface area contributed by atoms with Crippen LogP contribution in [-0.4, -0.2) is 16.1 Å². The van der Waals surface area contributed by atoms with E-state index in [0.29, 0.717) is 11.4 Å². The topological polar surface area (TPSA) is 69.8 Å². The molecule has 0 aliphatic heterocycles. The average Bonchev–Trinajstić information content (AvgIpc) is 2.97. The number of nitrogens with one attached hydrogen (secondary N) is 3. The molecule has 5 nitrogen and oxygen atoms in total. The Kier molecular flexibility index (Phi) is 4.29. The minimum Gasteiger partial charge on any atom is -0.298 e. The molecule has 114 valence electrons. The number of benzene rings is 1. The second-order valence-electron chi connectivity index (χ2n) is 5.30. The molecular formula is C16H17BrN4O. The van der Waals surface area contributed by atoms with Gasteiger partial charge in [0.2, 0.25) is 0 Å². The highest BCUT2D eigenvalue weighted by Crippen LogP contribution is 2.22. The number of carbonyl (C=O) groups is 1.